The Labute approximate surface area is 163 Å². The van der Waals surface area contributed by atoms with E-state index in [1.165, 1.54) is 19.2 Å². The van der Waals surface area contributed by atoms with Crippen LogP contribution in [0.1, 0.15) is 12.0 Å². The minimum atomic E-state index is -0.360. The van der Waals surface area contributed by atoms with Crippen molar-refractivity contribution in [2.45, 2.75) is 12.8 Å². The largest absolute Gasteiger partial charge is 0.497 e. The Morgan fingerprint density at radius 3 is 2.43 bits per heavy atom. The molecule has 7 heteroatoms. The highest BCUT2D eigenvalue weighted by Gasteiger charge is 2.48. The Kier molecular flexibility index (Phi) is 6.13. The van der Waals surface area contributed by atoms with E-state index in [-0.39, 0.29) is 29.5 Å². The summed E-state index contributed by atoms with van der Waals surface area (Å²) in [5, 5.41) is 5.65. The molecule has 2 atom stereocenters. The molecule has 0 saturated heterocycles. The molecule has 1 saturated carbocycles. The van der Waals surface area contributed by atoms with E-state index in [2.05, 4.69) is 10.6 Å². The predicted octanol–water partition coefficient (Wildman–Crippen LogP) is 2.78. The van der Waals surface area contributed by atoms with Crippen LogP contribution in [0.15, 0.2) is 42.5 Å². The van der Waals surface area contributed by atoms with E-state index in [9.17, 15) is 14.0 Å². The SMILES string of the molecule is COc1ccc(OC)c(NC(=O)C2CC2C(=O)NCCc2ccc(F)cc2)c1. The molecule has 28 heavy (non-hydrogen) atoms. The number of hydrogen-bond donors (Lipinski definition) is 2. The van der Waals surface area contributed by atoms with Crippen molar-refractivity contribution < 1.29 is 23.5 Å². The number of rotatable bonds is 8. The van der Waals surface area contributed by atoms with Crippen molar-refractivity contribution >= 4 is 17.5 Å². The van der Waals surface area contributed by atoms with Gasteiger partial charge in [0.1, 0.15) is 17.3 Å². The van der Waals surface area contributed by atoms with Crippen LogP contribution in [0.25, 0.3) is 0 Å². The molecule has 148 valence electrons. The fourth-order valence-corrected chi connectivity index (χ4v) is 3.02. The summed E-state index contributed by atoms with van der Waals surface area (Å²) in [7, 11) is 3.06. The molecule has 0 aliphatic heterocycles. The van der Waals surface area contributed by atoms with Crippen molar-refractivity contribution in [3.63, 3.8) is 0 Å². The lowest BCUT2D eigenvalue weighted by Crippen LogP contribution is -2.29. The summed E-state index contributed by atoms with van der Waals surface area (Å²) >= 11 is 0. The van der Waals surface area contributed by atoms with Crippen LogP contribution < -0.4 is 20.1 Å². The van der Waals surface area contributed by atoms with Gasteiger partial charge < -0.3 is 20.1 Å². The first-order chi connectivity index (χ1) is 13.5. The molecule has 2 N–H and O–H groups in total. The fourth-order valence-electron chi connectivity index (χ4n) is 3.02. The molecule has 6 nitrogen and oxygen atoms in total. The summed E-state index contributed by atoms with van der Waals surface area (Å²) in [5.74, 6) is -0.207. The van der Waals surface area contributed by atoms with E-state index in [4.69, 9.17) is 9.47 Å². The highest BCUT2D eigenvalue weighted by atomic mass is 19.1. The van der Waals surface area contributed by atoms with Crippen LogP contribution in [0, 0.1) is 17.7 Å². The van der Waals surface area contributed by atoms with Crippen LogP contribution in [0.4, 0.5) is 10.1 Å². The van der Waals surface area contributed by atoms with Gasteiger partial charge in [-0.3, -0.25) is 9.59 Å². The standard InChI is InChI=1S/C21H23FN2O4/c1-27-15-7-8-19(28-2)18(11-15)24-21(26)17-12-16(17)20(25)23-10-9-13-3-5-14(22)6-4-13/h3-8,11,16-17H,9-10,12H2,1-2H3,(H,23,25)(H,24,26). The molecular formula is C21H23FN2O4. The third-order valence-electron chi connectivity index (χ3n) is 4.75. The van der Waals surface area contributed by atoms with Crippen LogP contribution in [-0.4, -0.2) is 32.6 Å². The van der Waals surface area contributed by atoms with E-state index in [1.807, 2.05) is 0 Å². The zero-order chi connectivity index (χ0) is 20.1. The summed E-state index contributed by atoms with van der Waals surface area (Å²) in [5.41, 5.74) is 1.45. The first-order valence-corrected chi connectivity index (χ1v) is 9.07. The zero-order valence-electron chi connectivity index (χ0n) is 15.8. The van der Waals surface area contributed by atoms with Crippen molar-refractivity contribution in [2.75, 3.05) is 26.1 Å². The zero-order valence-corrected chi connectivity index (χ0v) is 15.8. The molecule has 0 heterocycles. The fraction of sp³-hybridized carbons (Fsp3) is 0.333. The molecule has 0 spiro atoms. The molecule has 0 radical (unpaired) electrons. The Hall–Kier alpha value is -3.09. The maximum Gasteiger partial charge on any atom is 0.228 e. The number of carbonyl (C=O) groups is 2. The topological polar surface area (TPSA) is 76.7 Å². The predicted molar refractivity (Wildman–Crippen MR) is 103 cm³/mol. The molecular weight excluding hydrogens is 363 g/mol. The van der Waals surface area contributed by atoms with E-state index >= 15 is 0 Å². The molecule has 2 aromatic carbocycles. The second kappa shape index (κ2) is 8.73. The molecule has 2 unspecified atom stereocenters. The van der Waals surface area contributed by atoms with Crippen LogP contribution in [0.5, 0.6) is 11.5 Å². The summed E-state index contributed by atoms with van der Waals surface area (Å²) in [6.07, 6.45) is 1.12. The quantitative estimate of drug-likeness (QED) is 0.732. The van der Waals surface area contributed by atoms with Gasteiger partial charge in [0.05, 0.1) is 31.7 Å². The molecule has 3 rings (SSSR count). The molecule has 1 aliphatic rings. The van der Waals surface area contributed by atoms with Crippen molar-refractivity contribution in [2.24, 2.45) is 11.8 Å². The Morgan fingerprint density at radius 2 is 1.75 bits per heavy atom. The average molecular weight is 386 g/mol. The van der Waals surface area contributed by atoms with E-state index in [1.54, 1.807) is 37.4 Å². The number of methoxy groups -OCH3 is 2. The number of amides is 2. The Balaban J connectivity index is 1.48. The van der Waals surface area contributed by atoms with E-state index in [0.717, 1.165) is 5.56 Å². The van der Waals surface area contributed by atoms with Gasteiger partial charge in [0, 0.05) is 12.6 Å². The third kappa shape index (κ3) is 4.79. The normalized spacial score (nSPS) is 17.5. The second-order valence-electron chi connectivity index (χ2n) is 6.67. The molecule has 2 aromatic rings. The number of benzene rings is 2. The first kappa shape index (κ1) is 19.7. The summed E-state index contributed by atoms with van der Waals surface area (Å²) in [4.78, 5) is 24.7. The van der Waals surface area contributed by atoms with Crippen LogP contribution in [0.3, 0.4) is 0 Å². The number of carbonyl (C=O) groups excluding carboxylic acids is 2. The van der Waals surface area contributed by atoms with Crippen LogP contribution >= 0.6 is 0 Å². The summed E-state index contributed by atoms with van der Waals surface area (Å²) < 4.78 is 23.3. The molecule has 1 fully saturated rings. The van der Waals surface area contributed by atoms with Gasteiger partial charge in [-0.2, -0.15) is 0 Å². The Bertz CT molecular complexity index is 854. The smallest absolute Gasteiger partial charge is 0.228 e. The minimum Gasteiger partial charge on any atom is -0.497 e. The van der Waals surface area contributed by atoms with Gasteiger partial charge in [-0.15, -0.1) is 0 Å². The summed E-state index contributed by atoms with van der Waals surface area (Å²) in [6.45, 7) is 0.443. The molecule has 1 aliphatic carbocycles. The van der Waals surface area contributed by atoms with Gasteiger partial charge in [-0.05, 0) is 42.7 Å². The van der Waals surface area contributed by atoms with E-state index < -0.39 is 0 Å². The van der Waals surface area contributed by atoms with E-state index in [0.29, 0.717) is 36.6 Å². The summed E-state index contributed by atoms with van der Waals surface area (Å²) in [6, 6.07) is 11.3. The highest BCUT2D eigenvalue weighted by molar-refractivity contribution is 6.00. The van der Waals surface area contributed by atoms with Gasteiger partial charge in [0.25, 0.3) is 0 Å². The number of anilines is 1. The minimum absolute atomic E-state index is 0.139. The number of hydrogen-bond acceptors (Lipinski definition) is 4. The maximum atomic E-state index is 12.9. The number of halogens is 1. The third-order valence-corrected chi connectivity index (χ3v) is 4.75. The van der Waals surface area contributed by atoms with Crippen molar-refractivity contribution in [3.8, 4) is 11.5 Å². The second-order valence-corrected chi connectivity index (χ2v) is 6.67. The molecule has 0 bridgehead atoms. The lowest BCUT2D eigenvalue weighted by molar-refractivity contribution is -0.125. The monoisotopic (exact) mass is 386 g/mol. The van der Waals surface area contributed by atoms with Gasteiger partial charge in [-0.25, -0.2) is 4.39 Å². The van der Waals surface area contributed by atoms with Crippen LogP contribution in [0.2, 0.25) is 0 Å². The first-order valence-electron chi connectivity index (χ1n) is 9.07. The van der Waals surface area contributed by atoms with Crippen LogP contribution in [-0.2, 0) is 16.0 Å². The van der Waals surface area contributed by atoms with Gasteiger partial charge in [0.2, 0.25) is 11.8 Å². The lowest BCUT2D eigenvalue weighted by Gasteiger charge is -2.11. The van der Waals surface area contributed by atoms with Gasteiger partial charge in [0.15, 0.2) is 0 Å². The maximum absolute atomic E-state index is 12.9. The number of ether oxygens (including phenoxy) is 2. The van der Waals surface area contributed by atoms with Crippen molar-refractivity contribution in [1.82, 2.24) is 5.32 Å². The molecule has 2 amide bonds. The van der Waals surface area contributed by atoms with Crippen molar-refractivity contribution in [3.05, 3.63) is 53.8 Å². The number of nitrogens with one attached hydrogen (secondary N) is 2. The average Bonchev–Trinajstić information content (AvgIpc) is 3.50. The van der Waals surface area contributed by atoms with Gasteiger partial charge >= 0.3 is 0 Å². The molecule has 0 aromatic heterocycles. The van der Waals surface area contributed by atoms with Gasteiger partial charge in [-0.1, -0.05) is 12.1 Å². The lowest BCUT2D eigenvalue weighted by atomic mass is 10.1. The Morgan fingerprint density at radius 1 is 1.04 bits per heavy atom. The van der Waals surface area contributed by atoms with Crippen molar-refractivity contribution in [1.29, 1.82) is 0 Å². The highest BCUT2D eigenvalue weighted by Crippen LogP contribution is 2.40.